The fraction of sp³-hybridized carbons (Fsp3) is 0.560. The number of nitrogens with zero attached hydrogens (tertiary/aromatic N) is 1. The maximum atomic E-state index is 12.7. The molecule has 2 aromatic rings. The molecule has 0 radical (unpaired) electrons. The minimum atomic E-state index is -0.378. The molecule has 1 saturated heterocycles. The van der Waals surface area contributed by atoms with Crippen molar-refractivity contribution in [2.45, 2.75) is 52.1 Å². The van der Waals surface area contributed by atoms with Gasteiger partial charge in [-0.3, -0.25) is 10.1 Å². The van der Waals surface area contributed by atoms with Gasteiger partial charge in [0, 0.05) is 46.5 Å². The van der Waals surface area contributed by atoms with Gasteiger partial charge < -0.3 is 19.5 Å². The van der Waals surface area contributed by atoms with Crippen LogP contribution in [-0.4, -0.2) is 37.3 Å². The van der Waals surface area contributed by atoms with Gasteiger partial charge in [-0.15, -0.1) is 11.3 Å². The van der Waals surface area contributed by atoms with E-state index >= 15 is 0 Å². The van der Waals surface area contributed by atoms with Gasteiger partial charge in [-0.1, -0.05) is 20.8 Å². The van der Waals surface area contributed by atoms with Crippen LogP contribution < -0.4 is 20.1 Å². The third-order valence-electron chi connectivity index (χ3n) is 7.99. The van der Waals surface area contributed by atoms with Crippen LogP contribution in [0.3, 0.4) is 0 Å². The summed E-state index contributed by atoms with van der Waals surface area (Å²) in [5.74, 6) is 1.75. The highest BCUT2D eigenvalue weighted by Crippen LogP contribution is 2.59. The fourth-order valence-electron chi connectivity index (χ4n) is 6.27. The number of nitrogens with one attached hydrogen (secondary N) is 2. The first-order valence-corrected chi connectivity index (χ1v) is 12.5. The fourth-order valence-corrected chi connectivity index (χ4v) is 7.53. The van der Waals surface area contributed by atoms with E-state index in [2.05, 4.69) is 24.5 Å². The maximum absolute atomic E-state index is 12.7. The van der Waals surface area contributed by atoms with Gasteiger partial charge >= 0.3 is 12.0 Å². The van der Waals surface area contributed by atoms with Crippen LogP contribution in [0.2, 0.25) is 0 Å². The molecule has 2 fully saturated rings. The Kier molecular flexibility index (Phi) is 5.70. The zero-order chi connectivity index (χ0) is 24.2. The molecule has 9 heteroatoms. The van der Waals surface area contributed by atoms with Gasteiger partial charge in [0.25, 0.3) is 0 Å². The molecule has 182 valence electrons. The van der Waals surface area contributed by atoms with E-state index in [0.717, 1.165) is 25.0 Å². The zero-order valence-electron chi connectivity index (χ0n) is 20.1. The summed E-state index contributed by atoms with van der Waals surface area (Å²) < 4.78 is 16.4. The second-order valence-electron chi connectivity index (χ2n) is 10.0. The molecule has 8 nitrogen and oxygen atoms in total. The average Bonchev–Trinajstić information content (AvgIpc) is 3.32. The van der Waals surface area contributed by atoms with Crippen molar-refractivity contribution < 1.29 is 23.8 Å². The second-order valence-corrected chi connectivity index (χ2v) is 11.1. The predicted octanol–water partition coefficient (Wildman–Crippen LogP) is 5.06. The van der Waals surface area contributed by atoms with Gasteiger partial charge in [0.05, 0.1) is 25.8 Å². The van der Waals surface area contributed by atoms with Crippen molar-refractivity contribution in [2.75, 3.05) is 24.9 Å². The van der Waals surface area contributed by atoms with Crippen LogP contribution in [0.5, 0.6) is 11.5 Å². The Morgan fingerprint density at radius 3 is 2.53 bits per heavy atom. The number of benzene rings is 1. The van der Waals surface area contributed by atoms with Crippen LogP contribution in [0.4, 0.5) is 15.6 Å². The molecule has 1 aromatic heterocycles. The van der Waals surface area contributed by atoms with Crippen LogP contribution in [0.1, 0.15) is 50.1 Å². The minimum Gasteiger partial charge on any atom is -0.497 e. The minimum absolute atomic E-state index is 0.0326. The van der Waals surface area contributed by atoms with Gasteiger partial charge in [0.2, 0.25) is 0 Å². The van der Waals surface area contributed by atoms with Gasteiger partial charge in [0.1, 0.15) is 17.6 Å². The van der Waals surface area contributed by atoms with E-state index in [1.54, 1.807) is 32.4 Å². The topological polar surface area (TPSA) is 98.8 Å². The highest BCUT2D eigenvalue weighted by molar-refractivity contribution is 7.15. The van der Waals surface area contributed by atoms with Gasteiger partial charge in [-0.2, -0.15) is 0 Å². The standard InChI is InChI=1S/C25H31N3O5S/c1-12-17-6-7-25(3)11-18-20(13(2)19(25)21(17)33-22(12)29)27-24(34-18)28-23(30)26-14-8-15(31-4)10-16(9-14)32-5/h8-10,12-13,17,19,21H,6-7,11H2,1-5H3,(H2,26,27,28,30)/t12-,13+,17-,19+,21+,25+/m0/s1. The van der Waals surface area contributed by atoms with E-state index in [-0.39, 0.29) is 47.2 Å². The Labute approximate surface area is 203 Å². The number of amides is 2. The van der Waals surface area contributed by atoms with Crippen LogP contribution >= 0.6 is 11.3 Å². The number of thiazole rings is 1. The highest BCUT2D eigenvalue weighted by Gasteiger charge is 2.58. The van der Waals surface area contributed by atoms with E-state index in [1.807, 2.05) is 6.92 Å². The number of methoxy groups -OCH3 is 2. The quantitative estimate of drug-likeness (QED) is 0.588. The Morgan fingerprint density at radius 1 is 1.15 bits per heavy atom. The zero-order valence-corrected chi connectivity index (χ0v) is 21.0. The van der Waals surface area contributed by atoms with Crippen molar-refractivity contribution in [3.8, 4) is 11.5 Å². The van der Waals surface area contributed by atoms with Crippen molar-refractivity contribution >= 4 is 34.2 Å². The Balaban J connectivity index is 1.34. The third kappa shape index (κ3) is 3.79. The summed E-state index contributed by atoms with van der Waals surface area (Å²) >= 11 is 1.53. The van der Waals surface area contributed by atoms with E-state index < -0.39 is 0 Å². The molecule has 1 saturated carbocycles. The summed E-state index contributed by atoms with van der Waals surface area (Å²) in [6.07, 6.45) is 2.93. The molecule has 0 spiro atoms. The van der Waals surface area contributed by atoms with Crippen LogP contribution in [0, 0.1) is 23.2 Å². The molecule has 0 bridgehead atoms. The molecule has 34 heavy (non-hydrogen) atoms. The molecule has 2 amide bonds. The summed E-state index contributed by atoms with van der Waals surface area (Å²) in [6, 6.07) is 4.81. The Morgan fingerprint density at radius 2 is 1.85 bits per heavy atom. The number of anilines is 2. The molecule has 6 atom stereocenters. The number of aromatic nitrogens is 1. The number of ether oxygens (including phenoxy) is 3. The predicted molar refractivity (Wildman–Crippen MR) is 130 cm³/mol. The summed E-state index contributed by atoms with van der Waals surface area (Å²) in [4.78, 5) is 31.1. The maximum Gasteiger partial charge on any atom is 0.325 e. The van der Waals surface area contributed by atoms with Gasteiger partial charge in [-0.25, -0.2) is 9.78 Å². The van der Waals surface area contributed by atoms with Gasteiger partial charge in [-0.05, 0) is 24.7 Å². The van der Waals surface area contributed by atoms with Crippen molar-refractivity contribution in [1.29, 1.82) is 0 Å². The summed E-state index contributed by atoms with van der Waals surface area (Å²) in [6.45, 7) is 6.50. The number of urea groups is 1. The summed E-state index contributed by atoms with van der Waals surface area (Å²) in [7, 11) is 3.13. The number of carbonyl (C=O) groups is 2. The number of hydrogen-bond donors (Lipinski definition) is 2. The van der Waals surface area contributed by atoms with E-state index in [4.69, 9.17) is 19.2 Å². The smallest absolute Gasteiger partial charge is 0.325 e. The third-order valence-corrected chi connectivity index (χ3v) is 8.97. The van der Waals surface area contributed by atoms with Crippen LogP contribution in [0.25, 0.3) is 0 Å². The molecule has 2 aliphatic carbocycles. The molecule has 3 aliphatic rings. The highest BCUT2D eigenvalue weighted by atomic mass is 32.1. The first-order chi connectivity index (χ1) is 16.2. The Bertz CT molecular complexity index is 1110. The molecule has 1 aliphatic heterocycles. The lowest BCUT2D eigenvalue weighted by Gasteiger charge is -2.51. The molecule has 5 rings (SSSR count). The number of carbonyl (C=O) groups excluding carboxylic acids is 2. The van der Waals surface area contributed by atoms with Crippen molar-refractivity contribution in [2.24, 2.45) is 23.2 Å². The van der Waals surface area contributed by atoms with Crippen molar-refractivity contribution in [3.63, 3.8) is 0 Å². The number of rotatable bonds is 4. The monoisotopic (exact) mass is 485 g/mol. The molecule has 2 N–H and O–H groups in total. The summed E-state index contributed by atoms with van der Waals surface area (Å²) in [5.41, 5.74) is 1.63. The normalized spacial score (nSPS) is 31.6. The molecule has 0 unspecified atom stereocenters. The SMILES string of the molecule is COc1cc(NC(=O)Nc2nc3c(s2)C[C@@]2(C)CC[C@@H]4[C@@H](OC(=O)[C@H]4C)[C@H]2[C@H]3C)cc(OC)c1. The number of hydrogen-bond acceptors (Lipinski definition) is 7. The average molecular weight is 486 g/mol. The Hall–Kier alpha value is -2.81. The van der Waals surface area contributed by atoms with E-state index in [0.29, 0.717) is 22.3 Å². The lowest BCUT2D eigenvalue weighted by atomic mass is 9.54. The largest absolute Gasteiger partial charge is 0.497 e. The van der Waals surface area contributed by atoms with Gasteiger partial charge in [0.15, 0.2) is 5.13 Å². The first kappa shape index (κ1) is 23.0. The van der Waals surface area contributed by atoms with E-state index in [1.165, 1.54) is 16.2 Å². The molecule has 2 heterocycles. The van der Waals surface area contributed by atoms with Crippen LogP contribution in [0.15, 0.2) is 18.2 Å². The second kappa shape index (κ2) is 8.45. The van der Waals surface area contributed by atoms with E-state index in [9.17, 15) is 9.59 Å². The summed E-state index contributed by atoms with van der Waals surface area (Å²) in [5, 5.41) is 6.28. The lowest BCUT2D eigenvalue weighted by Crippen LogP contribution is -2.50. The van der Waals surface area contributed by atoms with Crippen LogP contribution in [-0.2, 0) is 16.0 Å². The number of fused-ring (bicyclic) bond motifs is 4. The van der Waals surface area contributed by atoms with Crippen molar-refractivity contribution in [1.82, 2.24) is 4.98 Å². The molecular weight excluding hydrogens is 454 g/mol. The number of esters is 1. The molecule has 1 aromatic carbocycles. The molecular formula is C25H31N3O5S. The first-order valence-electron chi connectivity index (χ1n) is 11.7. The van der Waals surface area contributed by atoms with Crippen molar-refractivity contribution in [3.05, 3.63) is 28.8 Å². The lowest BCUT2D eigenvalue weighted by molar-refractivity contribution is -0.149.